The van der Waals surface area contributed by atoms with E-state index in [2.05, 4.69) is 4.98 Å². The number of pyridine rings is 1. The second-order valence-electron chi connectivity index (χ2n) is 4.58. The summed E-state index contributed by atoms with van der Waals surface area (Å²) in [6, 6.07) is 1.75. The summed E-state index contributed by atoms with van der Waals surface area (Å²) in [5.41, 5.74) is 13.2. The highest BCUT2D eigenvalue weighted by atomic mass is 19.1. The number of hydrogen-bond acceptors (Lipinski definition) is 4. The van der Waals surface area contributed by atoms with Gasteiger partial charge in [-0.2, -0.15) is 0 Å². The first-order valence-corrected chi connectivity index (χ1v) is 5.82. The molecule has 2 rings (SSSR count). The van der Waals surface area contributed by atoms with Crippen LogP contribution in [-0.2, 0) is 4.74 Å². The van der Waals surface area contributed by atoms with Crippen molar-refractivity contribution in [2.45, 2.75) is 44.2 Å². The molecule has 1 aliphatic rings. The minimum atomic E-state index is -1.02. The van der Waals surface area contributed by atoms with Crippen molar-refractivity contribution in [3.05, 3.63) is 24.0 Å². The molecule has 4 atom stereocenters. The van der Waals surface area contributed by atoms with Crippen LogP contribution in [0.3, 0.4) is 0 Å². The van der Waals surface area contributed by atoms with Crippen molar-refractivity contribution in [1.29, 1.82) is 0 Å². The molecule has 0 aromatic carbocycles. The molecule has 4 N–H and O–H groups in total. The Morgan fingerprint density at radius 2 is 2.29 bits per heavy atom. The zero-order valence-electron chi connectivity index (χ0n) is 9.84. The molecule has 1 saturated heterocycles. The van der Waals surface area contributed by atoms with Crippen molar-refractivity contribution >= 4 is 5.69 Å². The number of nitrogens with zero attached hydrogens (tertiary/aromatic N) is 1. The molecule has 2 heterocycles. The summed E-state index contributed by atoms with van der Waals surface area (Å²) in [5, 5.41) is 0. The molecule has 1 aromatic rings. The van der Waals surface area contributed by atoms with Crippen molar-refractivity contribution in [1.82, 2.24) is 4.98 Å². The average molecular weight is 239 g/mol. The molecule has 0 bridgehead atoms. The minimum Gasteiger partial charge on any atom is -0.397 e. The number of aromatic nitrogens is 1. The van der Waals surface area contributed by atoms with Gasteiger partial charge in [-0.05, 0) is 25.8 Å². The second-order valence-corrected chi connectivity index (χ2v) is 4.58. The van der Waals surface area contributed by atoms with Gasteiger partial charge in [0.25, 0.3) is 0 Å². The number of ether oxygens (including phenoxy) is 1. The SMILES string of the molecule is CC(F)[C@@H]1C[C@H](N)C[C@H](c2ccncc2N)O1. The van der Waals surface area contributed by atoms with Crippen molar-refractivity contribution in [3.8, 4) is 0 Å². The van der Waals surface area contributed by atoms with Crippen LogP contribution in [0.5, 0.6) is 0 Å². The highest BCUT2D eigenvalue weighted by Crippen LogP contribution is 2.34. The third-order valence-electron chi connectivity index (χ3n) is 3.14. The Kier molecular flexibility index (Phi) is 3.59. The lowest BCUT2D eigenvalue weighted by Crippen LogP contribution is -2.40. The van der Waals surface area contributed by atoms with Crippen molar-refractivity contribution < 1.29 is 9.13 Å². The van der Waals surface area contributed by atoms with E-state index in [-0.39, 0.29) is 12.1 Å². The van der Waals surface area contributed by atoms with Gasteiger partial charge in [-0.25, -0.2) is 4.39 Å². The standard InChI is InChI=1S/C12H18FN3O/c1-7(13)11-4-8(14)5-12(17-11)9-2-3-16-6-10(9)15/h2-3,6-8,11-12H,4-5,14-15H2,1H3/t7?,8-,11-,12+/m0/s1. The maximum Gasteiger partial charge on any atom is 0.123 e. The van der Waals surface area contributed by atoms with Crippen molar-refractivity contribution in [2.24, 2.45) is 5.73 Å². The molecule has 17 heavy (non-hydrogen) atoms. The van der Waals surface area contributed by atoms with Crippen LogP contribution in [0.2, 0.25) is 0 Å². The quantitative estimate of drug-likeness (QED) is 0.821. The predicted octanol–water partition coefficient (Wildman–Crippen LogP) is 1.57. The molecule has 0 spiro atoms. The molecule has 5 heteroatoms. The molecule has 1 fully saturated rings. The van der Waals surface area contributed by atoms with Gasteiger partial charge in [-0.15, -0.1) is 0 Å². The molecule has 0 amide bonds. The lowest BCUT2D eigenvalue weighted by atomic mass is 9.93. The zero-order chi connectivity index (χ0) is 12.4. The first-order valence-electron chi connectivity index (χ1n) is 5.82. The molecular weight excluding hydrogens is 221 g/mol. The van der Waals surface area contributed by atoms with Crippen molar-refractivity contribution in [3.63, 3.8) is 0 Å². The smallest absolute Gasteiger partial charge is 0.123 e. The summed E-state index contributed by atoms with van der Waals surface area (Å²) >= 11 is 0. The van der Waals surface area contributed by atoms with Gasteiger partial charge in [-0.1, -0.05) is 0 Å². The number of rotatable bonds is 2. The summed E-state index contributed by atoms with van der Waals surface area (Å²) in [6.45, 7) is 1.50. The van der Waals surface area contributed by atoms with Gasteiger partial charge in [0.15, 0.2) is 0 Å². The Bertz CT molecular complexity index is 386. The van der Waals surface area contributed by atoms with Crippen LogP contribution in [0.4, 0.5) is 10.1 Å². The Morgan fingerprint density at radius 1 is 1.53 bits per heavy atom. The van der Waals surface area contributed by atoms with Gasteiger partial charge in [0.05, 0.1) is 24.1 Å². The third-order valence-corrected chi connectivity index (χ3v) is 3.14. The molecule has 1 aromatic heterocycles. The maximum absolute atomic E-state index is 13.3. The van der Waals surface area contributed by atoms with Gasteiger partial charge >= 0.3 is 0 Å². The fourth-order valence-corrected chi connectivity index (χ4v) is 2.20. The van der Waals surface area contributed by atoms with Crippen LogP contribution in [-0.4, -0.2) is 23.3 Å². The fraction of sp³-hybridized carbons (Fsp3) is 0.583. The Hall–Kier alpha value is -1.20. The highest BCUT2D eigenvalue weighted by molar-refractivity contribution is 5.45. The molecule has 4 nitrogen and oxygen atoms in total. The van der Waals surface area contributed by atoms with Crippen LogP contribution >= 0.6 is 0 Å². The summed E-state index contributed by atoms with van der Waals surface area (Å²) < 4.78 is 19.0. The minimum absolute atomic E-state index is 0.0514. The van der Waals surface area contributed by atoms with E-state index in [0.717, 1.165) is 5.56 Å². The number of halogens is 1. The molecular formula is C12H18FN3O. The van der Waals surface area contributed by atoms with E-state index in [1.807, 2.05) is 0 Å². The molecule has 94 valence electrons. The van der Waals surface area contributed by atoms with Crippen LogP contribution in [0.1, 0.15) is 31.4 Å². The average Bonchev–Trinajstić information content (AvgIpc) is 2.28. The number of nitrogens with two attached hydrogens (primary N) is 2. The summed E-state index contributed by atoms with van der Waals surface area (Å²) in [4.78, 5) is 3.93. The Labute approximate surface area is 100 Å². The monoisotopic (exact) mass is 239 g/mol. The molecule has 1 aliphatic heterocycles. The van der Waals surface area contributed by atoms with E-state index in [9.17, 15) is 4.39 Å². The largest absolute Gasteiger partial charge is 0.397 e. The number of hydrogen-bond donors (Lipinski definition) is 2. The molecule has 1 unspecified atom stereocenters. The van der Waals surface area contributed by atoms with Crippen LogP contribution in [0.15, 0.2) is 18.5 Å². The zero-order valence-corrected chi connectivity index (χ0v) is 9.84. The Balaban J connectivity index is 2.18. The summed E-state index contributed by atoms with van der Waals surface area (Å²) in [7, 11) is 0. The van der Waals surface area contributed by atoms with Crippen molar-refractivity contribution in [2.75, 3.05) is 5.73 Å². The lowest BCUT2D eigenvalue weighted by molar-refractivity contribution is -0.0878. The van der Waals surface area contributed by atoms with E-state index in [1.54, 1.807) is 18.5 Å². The van der Waals surface area contributed by atoms with E-state index >= 15 is 0 Å². The summed E-state index contributed by atoms with van der Waals surface area (Å²) in [5.74, 6) is 0. The van der Waals surface area contributed by atoms with Crippen LogP contribution in [0, 0.1) is 0 Å². The highest BCUT2D eigenvalue weighted by Gasteiger charge is 2.32. The van der Waals surface area contributed by atoms with E-state index in [4.69, 9.17) is 16.2 Å². The first kappa shape index (κ1) is 12.3. The van der Waals surface area contributed by atoms with Crippen LogP contribution in [0.25, 0.3) is 0 Å². The fourth-order valence-electron chi connectivity index (χ4n) is 2.20. The van der Waals surface area contributed by atoms with E-state index < -0.39 is 12.3 Å². The number of anilines is 1. The van der Waals surface area contributed by atoms with Gasteiger partial charge in [0.1, 0.15) is 6.17 Å². The van der Waals surface area contributed by atoms with Gasteiger partial charge in [0, 0.05) is 17.8 Å². The van der Waals surface area contributed by atoms with E-state index in [1.165, 1.54) is 6.92 Å². The van der Waals surface area contributed by atoms with Gasteiger partial charge < -0.3 is 16.2 Å². The normalized spacial score (nSPS) is 31.1. The second kappa shape index (κ2) is 4.98. The molecule has 0 saturated carbocycles. The number of nitrogen functional groups attached to an aromatic ring is 1. The van der Waals surface area contributed by atoms with Gasteiger partial charge in [-0.3, -0.25) is 4.98 Å². The number of alkyl halides is 1. The Morgan fingerprint density at radius 3 is 2.94 bits per heavy atom. The molecule has 0 radical (unpaired) electrons. The topological polar surface area (TPSA) is 74.2 Å². The molecule has 0 aliphatic carbocycles. The maximum atomic E-state index is 13.3. The first-order chi connectivity index (χ1) is 8.08. The van der Waals surface area contributed by atoms with E-state index in [0.29, 0.717) is 18.5 Å². The predicted molar refractivity (Wildman–Crippen MR) is 64.0 cm³/mol. The van der Waals surface area contributed by atoms with Crippen LogP contribution < -0.4 is 11.5 Å². The van der Waals surface area contributed by atoms with Gasteiger partial charge in [0.2, 0.25) is 0 Å². The lowest BCUT2D eigenvalue weighted by Gasteiger charge is -2.35. The third kappa shape index (κ3) is 2.73. The summed E-state index contributed by atoms with van der Waals surface area (Å²) in [6.07, 6.45) is 2.75.